The number of furan rings is 1. The standard InChI is InChI=1S/C13H21NO2/c1-2-13(15)7-5-11(6-8-13)14-10-12-4-3-9-16-12/h3-4,9,11,14-15H,2,5-8,10H2,1H3. The zero-order chi connectivity index (χ0) is 11.4. The minimum absolute atomic E-state index is 0.400. The van der Waals surface area contributed by atoms with E-state index in [4.69, 9.17) is 4.42 Å². The van der Waals surface area contributed by atoms with Gasteiger partial charge in [-0.25, -0.2) is 0 Å². The molecule has 2 rings (SSSR count). The Morgan fingerprint density at radius 2 is 2.25 bits per heavy atom. The molecule has 0 amide bonds. The molecule has 0 spiro atoms. The molecule has 0 bridgehead atoms. The molecule has 0 radical (unpaired) electrons. The molecule has 3 heteroatoms. The monoisotopic (exact) mass is 223 g/mol. The van der Waals surface area contributed by atoms with E-state index in [9.17, 15) is 5.11 Å². The lowest BCUT2D eigenvalue weighted by Gasteiger charge is -2.35. The number of hydrogen-bond acceptors (Lipinski definition) is 3. The van der Waals surface area contributed by atoms with Crippen LogP contribution >= 0.6 is 0 Å². The molecule has 1 aliphatic carbocycles. The molecule has 16 heavy (non-hydrogen) atoms. The third kappa shape index (κ3) is 2.86. The minimum atomic E-state index is -0.400. The number of rotatable bonds is 4. The summed E-state index contributed by atoms with van der Waals surface area (Å²) in [5.74, 6) is 0.983. The summed E-state index contributed by atoms with van der Waals surface area (Å²) in [6.07, 6.45) is 6.53. The third-order valence-corrected chi connectivity index (χ3v) is 3.72. The first-order chi connectivity index (χ1) is 7.72. The first-order valence-electron chi connectivity index (χ1n) is 6.20. The van der Waals surface area contributed by atoms with Crippen LogP contribution in [0, 0.1) is 0 Å². The molecule has 0 unspecified atom stereocenters. The minimum Gasteiger partial charge on any atom is -0.468 e. The summed E-state index contributed by atoms with van der Waals surface area (Å²) < 4.78 is 5.27. The van der Waals surface area contributed by atoms with Gasteiger partial charge >= 0.3 is 0 Å². The molecule has 1 aliphatic rings. The smallest absolute Gasteiger partial charge is 0.117 e. The van der Waals surface area contributed by atoms with E-state index in [-0.39, 0.29) is 0 Å². The van der Waals surface area contributed by atoms with Crippen molar-refractivity contribution < 1.29 is 9.52 Å². The van der Waals surface area contributed by atoms with Crippen LogP contribution in [0.25, 0.3) is 0 Å². The lowest BCUT2D eigenvalue weighted by molar-refractivity contribution is -0.00703. The van der Waals surface area contributed by atoms with Crippen LogP contribution in [0.4, 0.5) is 0 Å². The molecule has 0 aliphatic heterocycles. The van der Waals surface area contributed by atoms with E-state index in [2.05, 4.69) is 12.2 Å². The van der Waals surface area contributed by atoms with Crippen molar-refractivity contribution in [1.82, 2.24) is 5.32 Å². The van der Waals surface area contributed by atoms with Gasteiger partial charge in [-0.3, -0.25) is 0 Å². The fourth-order valence-corrected chi connectivity index (χ4v) is 2.37. The van der Waals surface area contributed by atoms with Crippen LogP contribution in [0.5, 0.6) is 0 Å². The van der Waals surface area contributed by atoms with Crippen molar-refractivity contribution in [3.63, 3.8) is 0 Å². The van der Waals surface area contributed by atoms with Gasteiger partial charge in [-0.05, 0) is 44.2 Å². The Balaban J connectivity index is 1.73. The highest BCUT2D eigenvalue weighted by Crippen LogP contribution is 2.30. The summed E-state index contributed by atoms with van der Waals surface area (Å²) >= 11 is 0. The molecule has 90 valence electrons. The van der Waals surface area contributed by atoms with E-state index in [1.807, 2.05) is 12.1 Å². The Morgan fingerprint density at radius 1 is 1.50 bits per heavy atom. The van der Waals surface area contributed by atoms with Gasteiger partial charge in [0.1, 0.15) is 5.76 Å². The second kappa shape index (κ2) is 5.02. The molecule has 0 saturated heterocycles. The SMILES string of the molecule is CCC1(O)CCC(NCc2ccco2)CC1. The summed E-state index contributed by atoms with van der Waals surface area (Å²) in [5, 5.41) is 13.6. The number of aliphatic hydroxyl groups is 1. The summed E-state index contributed by atoms with van der Waals surface area (Å²) in [5.41, 5.74) is -0.400. The Labute approximate surface area is 96.8 Å². The van der Waals surface area contributed by atoms with Crippen molar-refractivity contribution in [2.24, 2.45) is 0 Å². The van der Waals surface area contributed by atoms with Crippen molar-refractivity contribution in [1.29, 1.82) is 0 Å². The first kappa shape index (κ1) is 11.7. The van der Waals surface area contributed by atoms with E-state index in [1.165, 1.54) is 0 Å². The van der Waals surface area contributed by atoms with Gasteiger partial charge in [-0.15, -0.1) is 0 Å². The van der Waals surface area contributed by atoms with Crippen LogP contribution in [0.1, 0.15) is 44.8 Å². The summed E-state index contributed by atoms with van der Waals surface area (Å²) in [6, 6.07) is 4.42. The molecular formula is C13H21NO2. The van der Waals surface area contributed by atoms with Crippen molar-refractivity contribution in [3.05, 3.63) is 24.2 Å². The molecule has 0 atom stereocenters. The maximum Gasteiger partial charge on any atom is 0.117 e. The highest BCUT2D eigenvalue weighted by Gasteiger charge is 2.31. The van der Waals surface area contributed by atoms with Crippen LogP contribution in [0.15, 0.2) is 22.8 Å². The van der Waals surface area contributed by atoms with Crippen LogP contribution in [-0.4, -0.2) is 16.7 Å². The van der Waals surface area contributed by atoms with Gasteiger partial charge in [0.25, 0.3) is 0 Å². The van der Waals surface area contributed by atoms with E-state index >= 15 is 0 Å². The van der Waals surface area contributed by atoms with E-state index in [0.717, 1.165) is 44.4 Å². The molecule has 1 saturated carbocycles. The maximum absolute atomic E-state index is 10.1. The predicted molar refractivity (Wildman–Crippen MR) is 63.0 cm³/mol. The average molecular weight is 223 g/mol. The lowest BCUT2D eigenvalue weighted by atomic mass is 9.80. The average Bonchev–Trinajstić information content (AvgIpc) is 2.81. The molecule has 0 aromatic carbocycles. The first-order valence-corrected chi connectivity index (χ1v) is 6.20. The molecule has 3 nitrogen and oxygen atoms in total. The van der Waals surface area contributed by atoms with Gasteiger partial charge in [0.05, 0.1) is 18.4 Å². The largest absolute Gasteiger partial charge is 0.468 e. The lowest BCUT2D eigenvalue weighted by Crippen LogP contribution is -2.40. The highest BCUT2D eigenvalue weighted by atomic mass is 16.3. The zero-order valence-corrected chi connectivity index (χ0v) is 9.91. The molecule has 1 heterocycles. The summed E-state index contributed by atoms with van der Waals surface area (Å²) in [4.78, 5) is 0. The van der Waals surface area contributed by atoms with Crippen LogP contribution < -0.4 is 5.32 Å². The fraction of sp³-hybridized carbons (Fsp3) is 0.692. The Kier molecular flexibility index (Phi) is 3.66. The normalized spacial score (nSPS) is 30.5. The van der Waals surface area contributed by atoms with Gasteiger partial charge in [0, 0.05) is 6.04 Å². The molecule has 1 aromatic heterocycles. The van der Waals surface area contributed by atoms with Crippen molar-refractivity contribution in [2.45, 2.75) is 57.2 Å². The van der Waals surface area contributed by atoms with E-state index in [1.54, 1.807) is 6.26 Å². The van der Waals surface area contributed by atoms with Crippen LogP contribution in [0.3, 0.4) is 0 Å². The topological polar surface area (TPSA) is 45.4 Å². The predicted octanol–water partition coefficient (Wildman–Crippen LogP) is 2.45. The zero-order valence-electron chi connectivity index (χ0n) is 9.91. The van der Waals surface area contributed by atoms with E-state index < -0.39 is 5.60 Å². The van der Waals surface area contributed by atoms with Gasteiger partial charge in [-0.1, -0.05) is 6.92 Å². The van der Waals surface area contributed by atoms with Gasteiger partial charge in [0.2, 0.25) is 0 Å². The maximum atomic E-state index is 10.1. The molecule has 1 aromatic rings. The Bertz CT molecular complexity index is 300. The Hall–Kier alpha value is -0.800. The number of hydrogen-bond donors (Lipinski definition) is 2. The third-order valence-electron chi connectivity index (χ3n) is 3.72. The summed E-state index contributed by atoms with van der Waals surface area (Å²) in [6.45, 7) is 2.86. The van der Waals surface area contributed by atoms with Crippen molar-refractivity contribution in [3.8, 4) is 0 Å². The Morgan fingerprint density at radius 3 is 2.81 bits per heavy atom. The van der Waals surface area contributed by atoms with Crippen molar-refractivity contribution >= 4 is 0 Å². The van der Waals surface area contributed by atoms with Crippen LogP contribution in [0.2, 0.25) is 0 Å². The van der Waals surface area contributed by atoms with Gasteiger partial charge in [-0.2, -0.15) is 0 Å². The second-order valence-corrected chi connectivity index (χ2v) is 4.81. The highest BCUT2D eigenvalue weighted by molar-refractivity contribution is 4.98. The quantitative estimate of drug-likeness (QED) is 0.824. The molecule has 1 fully saturated rings. The number of nitrogens with one attached hydrogen (secondary N) is 1. The second-order valence-electron chi connectivity index (χ2n) is 4.81. The van der Waals surface area contributed by atoms with Gasteiger partial charge in [0.15, 0.2) is 0 Å². The van der Waals surface area contributed by atoms with Crippen LogP contribution in [-0.2, 0) is 6.54 Å². The van der Waals surface area contributed by atoms with E-state index in [0.29, 0.717) is 6.04 Å². The summed E-state index contributed by atoms with van der Waals surface area (Å²) in [7, 11) is 0. The molecular weight excluding hydrogens is 202 g/mol. The van der Waals surface area contributed by atoms with Gasteiger partial charge < -0.3 is 14.8 Å². The fourth-order valence-electron chi connectivity index (χ4n) is 2.37. The molecule has 2 N–H and O–H groups in total. The van der Waals surface area contributed by atoms with Crippen molar-refractivity contribution in [2.75, 3.05) is 0 Å².